The number of halogens is 3. The molecular formula is C12H13Cl2FN2O2. The highest BCUT2D eigenvalue weighted by atomic mass is 35.5. The molecule has 0 aromatic heterocycles. The summed E-state index contributed by atoms with van der Waals surface area (Å²) in [4.78, 5) is 12.3. The summed E-state index contributed by atoms with van der Waals surface area (Å²) in [6.07, 6.45) is 0. The van der Waals surface area contributed by atoms with Gasteiger partial charge in [-0.1, -0.05) is 23.2 Å². The molecule has 1 heterocycles. The second kappa shape index (κ2) is 5.25. The average molecular weight is 307 g/mol. The van der Waals surface area contributed by atoms with Crippen LogP contribution in [0.1, 0.15) is 6.92 Å². The Morgan fingerprint density at radius 3 is 2.58 bits per heavy atom. The smallest absolute Gasteiger partial charge is 0.234 e. The van der Waals surface area contributed by atoms with E-state index in [9.17, 15) is 9.18 Å². The second-order valence-corrected chi connectivity index (χ2v) is 5.55. The van der Waals surface area contributed by atoms with Crippen molar-refractivity contribution >= 4 is 34.8 Å². The molecule has 1 fully saturated rings. The zero-order valence-electron chi connectivity index (χ0n) is 10.2. The molecule has 0 bridgehead atoms. The molecule has 2 atom stereocenters. The Morgan fingerprint density at radius 2 is 2.11 bits per heavy atom. The minimum Gasteiger partial charge on any atom is -0.379 e. The lowest BCUT2D eigenvalue weighted by atomic mass is 9.85. The van der Waals surface area contributed by atoms with Gasteiger partial charge in [0.05, 0.1) is 34.4 Å². The van der Waals surface area contributed by atoms with Gasteiger partial charge in [-0.15, -0.1) is 0 Å². The van der Waals surface area contributed by atoms with Crippen LogP contribution in [-0.2, 0) is 9.53 Å². The number of carbonyl (C=O) groups excluding carboxylic acids is 1. The van der Waals surface area contributed by atoms with E-state index in [1.165, 1.54) is 0 Å². The van der Waals surface area contributed by atoms with Crippen LogP contribution in [0.4, 0.5) is 10.1 Å². The van der Waals surface area contributed by atoms with Crippen molar-refractivity contribution in [3.63, 3.8) is 0 Å². The SMILES string of the molecule is CC1(C(=O)Nc2c(Cl)cc(F)cc2Cl)COCC1N. The lowest BCUT2D eigenvalue weighted by Crippen LogP contribution is -2.47. The van der Waals surface area contributed by atoms with Crippen LogP contribution in [-0.4, -0.2) is 25.2 Å². The van der Waals surface area contributed by atoms with Crippen LogP contribution in [0, 0.1) is 11.2 Å². The van der Waals surface area contributed by atoms with Gasteiger partial charge in [0, 0.05) is 6.04 Å². The van der Waals surface area contributed by atoms with Crippen LogP contribution in [0.5, 0.6) is 0 Å². The van der Waals surface area contributed by atoms with E-state index in [0.29, 0.717) is 6.61 Å². The average Bonchev–Trinajstić information content (AvgIpc) is 2.65. The summed E-state index contributed by atoms with van der Waals surface area (Å²) in [6, 6.07) is 1.75. The van der Waals surface area contributed by atoms with Gasteiger partial charge in [0.2, 0.25) is 5.91 Å². The Morgan fingerprint density at radius 1 is 1.53 bits per heavy atom. The number of nitrogens with two attached hydrogens (primary N) is 1. The topological polar surface area (TPSA) is 64.3 Å². The lowest BCUT2D eigenvalue weighted by molar-refractivity contribution is -0.125. The van der Waals surface area contributed by atoms with Gasteiger partial charge in [-0.05, 0) is 19.1 Å². The van der Waals surface area contributed by atoms with Crippen molar-refractivity contribution in [3.05, 3.63) is 28.0 Å². The molecule has 4 nitrogen and oxygen atoms in total. The molecule has 0 saturated carbocycles. The molecule has 19 heavy (non-hydrogen) atoms. The highest BCUT2D eigenvalue weighted by molar-refractivity contribution is 6.39. The maximum atomic E-state index is 13.1. The number of carbonyl (C=O) groups is 1. The first kappa shape index (κ1) is 14.5. The highest BCUT2D eigenvalue weighted by Gasteiger charge is 2.44. The first-order chi connectivity index (χ1) is 8.84. The van der Waals surface area contributed by atoms with Gasteiger partial charge >= 0.3 is 0 Å². The molecule has 0 spiro atoms. The Labute approximate surface area is 120 Å². The Hall–Kier alpha value is -0.880. The summed E-state index contributed by atoms with van der Waals surface area (Å²) in [5.41, 5.74) is 5.17. The quantitative estimate of drug-likeness (QED) is 0.882. The molecule has 2 rings (SSSR count). The summed E-state index contributed by atoms with van der Waals surface area (Å²) in [5.74, 6) is -0.923. The van der Waals surface area contributed by atoms with Crippen molar-refractivity contribution in [1.29, 1.82) is 0 Å². The zero-order valence-corrected chi connectivity index (χ0v) is 11.7. The molecule has 0 radical (unpaired) electrons. The molecule has 1 aliphatic rings. The van der Waals surface area contributed by atoms with Crippen molar-refractivity contribution < 1.29 is 13.9 Å². The summed E-state index contributed by atoms with van der Waals surface area (Å²) >= 11 is 11.7. The largest absolute Gasteiger partial charge is 0.379 e. The van der Waals surface area contributed by atoms with Gasteiger partial charge in [-0.3, -0.25) is 4.79 Å². The minimum absolute atomic E-state index is 0.0365. The Bertz CT molecular complexity index is 503. The summed E-state index contributed by atoms with van der Waals surface area (Å²) < 4.78 is 18.3. The maximum absolute atomic E-state index is 13.1. The summed E-state index contributed by atoms with van der Waals surface area (Å²) in [7, 11) is 0. The van der Waals surface area contributed by atoms with Gasteiger partial charge in [0.1, 0.15) is 5.82 Å². The van der Waals surface area contributed by atoms with Crippen LogP contribution in [0.3, 0.4) is 0 Å². The minimum atomic E-state index is -0.860. The Kier molecular flexibility index (Phi) is 4.01. The predicted molar refractivity (Wildman–Crippen MR) is 72.0 cm³/mol. The number of ether oxygens (including phenoxy) is 1. The fourth-order valence-corrected chi connectivity index (χ4v) is 2.40. The number of anilines is 1. The van der Waals surface area contributed by atoms with Crippen LogP contribution in [0.2, 0.25) is 10.0 Å². The van der Waals surface area contributed by atoms with E-state index < -0.39 is 17.3 Å². The molecule has 1 amide bonds. The van der Waals surface area contributed by atoms with Crippen molar-refractivity contribution in [2.45, 2.75) is 13.0 Å². The number of amides is 1. The van der Waals surface area contributed by atoms with Crippen LogP contribution in [0.25, 0.3) is 0 Å². The predicted octanol–water partition coefficient (Wildman–Crippen LogP) is 2.43. The fraction of sp³-hybridized carbons (Fsp3) is 0.417. The van der Waals surface area contributed by atoms with Crippen molar-refractivity contribution in [1.82, 2.24) is 0 Å². The van der Waals surface area contributed by atoms with Gasteiger partial charge < -0.3 is 15.8 Å². The maximum Gasteiger partial charge on any atom is 0.234 e. The molecule has 1 saturated heterocycles. The third-order valence-corrected chi connectivity index (χ3v) is 3.88. The van der Waals surface area contributed by atoms with E-state index in [2.05, 4.69) is 5.32 Å². The number of hydrogen-bond donors (Lipinski definition) is 2. The molecule has 1 aromatic rings. The number of benzene rings is 1. The first-order valence-electron chi connectivity index (χ1n) is 5.64. The fourth-order valence-electron chi connectivity index (χ4n) is 1.84. The molecule has 7 heteroatoms. The van der Waals surface area contributed by atoms with Gasteiger partial charge in [0.15, 0.2) is 0 Å². The third kappa shape index (κ3) is 2.69. The molecule has 2 unspecified atom stereocenters. The highest BCUT2D eigenvalue weighted by Crippen LogP contribution is 2.34. The van der Waals surface area contributed by atoms with Crippen molar-refractivity contribution in [2.75, 3.05) is 18.5 Å². The van der Waals surface area contributed by atoms with Gasteiger partial charge in [0.25, 0.3) is 0 Å². The molecule has 3 N–H and O–H groups in total. The third-order valence-electron chi connectivity index (χ3n) is 3.28. The summed E-state index contributed by atoms with van der Waals surface area (Å²) in [6.45, 7) is 2.23. The lowest BCUT2D eigenvalue weighted by Gasteiger charge is -2.25. The monoisotopic (exact) mass is 306 g/mol. The number of nitrogens with one attached hydrogen (secondary N) is 1. The normalized spacial score (nSPS) is 26.5. The van der Waals surface area contributed by atoms with Gasteiger partial charge in [-0.25, -0.2) is 4.39 Å². The zero-order chi connectivity index (χ0) is 14.2. The van der Waals surface area contributed by atoms with Gasteiger partial charge in [-0.2, -0.15) is 0 Å². The van der Waals surface area contributed by atoms with E-state index >= 15 is 0 Å². The molecular weight excluding hydrogens is 294 g/mol. The van der Waals surface area contributed by atoms with Crippen LogP contribution >= 0.6 is 23.2 Å². The number of rotatable bonds is 2. The summed E-state index contributed by atoms with van der Waals surface area (Å²) in [5, 5.41) is 2.66. The van der Waals surface area contributed by atoms with E-state index in [4.69, 9.17) is 33.7 Å². The van der Waals surface area contributed by atoms with E-state index in [1.54, 1.807) is 6.92 Å². The number of hydrogen-bond acceptors (Lipinski definition) is 3. The van der Waals surface area contributed by atoms with E-state index in [1.807, 2.05) is 0 Å². The first-order valence-corrected chi connectivity index (χ1v) is 6.39. The van der Waals surface area contributed by atoms with Crippen molar-refractivity contribution in [3.8, 4) is 0 Å². The van der Waals surface area contributed by atoms with Crippen LogP contribution < -0.4 is 11.1 Å². The van der Waals surface area contributed by atoms with E-state index in [-0.39, 0.29) is 28.2 Å². The van der Waals surface area contributed by atoms with Crippen LogP contribution in [0.15, 0.2) is 12.1 Å². The standard InChI is InChI=1S/C12H13Cl2FN2O2/c1-12(5-19-4-9(12)16)11(18)17-10-7(13)2-6(15)3-8(10)14/h2-3,9H,4-5,16H2,1H3,(H,17,18). The van der Waals surface area contributed by atoms with Crippen molar-refractivity contribution in [2.24, 2.45) is 11.1 Å². The van der Waals surface area contributed by atoms with E-state index in [0.717, 1.165) is 12.1 Å². The second-order valence-electron chi connectivity index (χ2n) is 4.74. The molecule has 104 valence electrons. The molecule has 1 aliphatic heterocycles. The molecule has 1 aromatic carbocycles. The molecule has 0 aliphatic carbocycles. The Balaban J connectivity index is 2.25.